The van der Waals surface area contributed by atoms with Crippen molar-refractivity contribution in [2.75, 3.05) is 6.26 Å². The Kier molecular flexibility index (Phi) is 6.71. The van der Waals surface area contributed by atoms with Gasteiger partial charge in [-0.3, -0.25) is 9.29 Å². The summed E-state index contributed by atoms with van der Waals surface area (Å²) in [5.74, 6) is 0. The molecule has 22 heavy (non-hydrogen) atoms. The average Bonchev–Trinajstić information content (AvgIpc) is 2.83. The first-order chi connectivity index (χ1) is 10.7. The second kappa shape index (κ2) is 8.78. The fourth-order valence-electron chi connectivity index (χ4n) is 2.71. The molecule has 1 saturated carbocycles. The van der Waals surface area contributed by atoms with Gasteiger partial charge in [-0.05, 0) is 43.8 Å². The number of carbonyl (C=O) groups is 1. The van der Waals surface area contributed by atoms with E-state index in [0.717, 1.165) is 18.5 Å². The molecule has 1 aliphatic carbocycles. The number of pyridine rings is 1. The van der Waals surface area contributed by atoms with Gasteiger partial charge in [0.15, 0.2) is 0 Å². The molecule has 0 aromatic carbocycles. The van der Waals surface area contributed by atoms with Gasteiger partial charge in [-0.1, -0.05) is 31.7 Å². The highest BCUT2D eigenvalue weighted by atomic mass is 32.2. The molecule has 1 aromatic heterocycles. The van der Waals surface area contributed by atoms with Gasteiger partial charge in [-0.2, -0.15) is 5.10 Å². The molecule has 120 valence electrons. The van der Waals surface area contributed by atoms with Crippen LogP contribution in [0.25, 0.3) is 0 Å². The van der Waals surface area contributed by atoms with Gasteiger partial charge in [-0.15, -0.1) is 0 Å². The predicted octanol–water partition coefficient (Wildman–Crippen LogP) is 3.82. The van der Waals surface area contributed by atoms with Crippen LogP contribution in [0.4, 0.5) is 4.79 Å². The minimum absolute atomic E-state index is 0.144. The highest BCUT2D eigenvalue weighted by Gasteiger charge is 2.24. The molecule has 0 unspecified atom stereocenters. The van der Waals surface area contributed by atoms with Crippen molar-refractivity contribution in [2.45, 2.75) is 51.5 Å². The summed E-state index contributed by atoms with van der Waals surface area (Å²) in [7, 11) is 0. The van der Waals surface area contributed by atoms with E-state index in [1.54, 1.807) is 6.20 Å². The lowest BCUT2D eigenvalue weighted by Gasteiger charge is -2.27. The van der Waals surface area contributed by atoms with E-state index in [2.05, 4.69) is 15.5 Å². The maximum absolute atomic E-state index is 12.4. The standard InChI is InChI=1S/C16H24N4OS/c1-13(15-11-7-8-12-17-15)18-19-16(21)20(22-2)14-9-5-3-4-6-10-14/h7-8,11-12,14H,3-6,9-10H2,1-2H3,(H,19,21)/b18-13+. The molecule has 5 nitrogen and oxygen atoms in total. The van der Waals surface area contributed by atoms with Crippen molar-refractivity contribution in [3.8, 4) is 0 Å². The maximum atomic E-state index is 12.4. The van der Waals surface area contributed by atoms with Crippen LogP contribution >= 0.6 is 11.9 Å². The molecule has 0 radical (unpaired) electrons. The van der Waals surface area contributed by atoms with Crippen LogP contribution in [0.2, 0.25) is 0 Å². The van der Waals surface area contributed by atoms with Crippen LogP contribution in [-0.2, 0) is 0 Å². The molecule has 0 aliphatic heterocycles. The number of hydrogen-bond donors (Lipinski definition) is 1. The van der Waals surface area contributed by atoms with Crippen molar-refractivity contribution < 1.29 is 4.79 Å². The number of hydrazone groups is 1. The molecule has 6 heteroatoms. The second-order valence-electron chi connectivity index (χ2n) is 5.48. The fourth-order valence-corrected chi connectivity index (χ4v) is 3.42. The summed E-state index contributed by atoms with van der Waals surface area (Å²) in [6.07, 6.45) is 10.8. The Morgan fingerprint density at radius 2 is 2.05 bits per heavy atom. The van der Waals surface area contributed by atoms with Gasteiger partial charge in [0, 0.05) is 18.5 Å². The molecule has 2 rings (SSSR count). The molecular weight excluding hydrogens is 296 g/mol. The lowest BCUT2D eigenvalue weighted by molar-refractivity contribution is 0.213. The molecule has 0 bridgehead atoms. The summed E-state index contributed by atoms with van der Waals surface area (Å²) in [4.78, 5) is 16.6. The molecule has 1 fully saturated rings. The summed E-state index contributed by atoms with van der Waals surface area (Å²) in [6.45, 7) is 1.84. The number of carbonyl (C=O) groups excluding carboxylic acids is 1. The summed E-state index contributed by atoms with van der Waals surface area (Å²) >= 11 is 1.48. The number of urea groups is 1. The van der Waals surface area contributed by atoms with Crippen molar-refractivity contribution in [3.63, 3.8) is 0 Å². The lowest BCUT2D eigenvalue weighted by atomic mass is 10.1. The summed E-state index contributed by atoms with van der Waals surface area (Å²) < 4.78 is 1.83. The number of nitrogens with zero attached hydrogens (tertiary/aromatic N) is 3. The molecule has 1 aromatic rings. The maximum Gasteiger partial charge on any atom is 0.348 e. The number of rotatable bonds is 4. The molecule has 1 heterocycles. The number of hydrogen-bond acceptors (Lipinski definition) is 4. The monoisotopic (exact) mass is 320 g/mol. The van der Waals surface area contributed by atoms with Gasteiger partial charge >= 0.3 is 6.03 Å². The van der Waals surface area contributed by atoms with Gasteiger partial charge in [0.25, 0.3) is 0 Å². The number of nitrogens with one attached hydrogen (secondary N) is 1. The molecule has 2 amide bonds. The third-order valence-electron chi connectivity index (χ3n) is 3.91. The Balaban J connectivity index is 1.97. The van der Waals surface area contributed by atoms with E-state index < -0.39 is 0 Å². The molecule has 0 saturated heterocycles. The Bertz CT molecular complexity index is 498. The van der Waals surface area contributed by atoms with Crippen LogP contribution in [-0.4, -0.2) is 33.3 Å². The zero-order valence-electron chi connectivity index (χ0n) is 13.3. The van der Waals surface area contributed by atoms with Crippen molar-refractivity contribution in [1.82, 2.24) is 14.7 Å². The molecule has 0 spiro atoms. The molecular formula is C16H24N4OS. The zero-order chi connectivity index (χ0) is 15.8. The predicted molar refractivity (Wildman–Crippen MR) is 91.8 cm³/mol. The average molecular weight is 320 g/mol. The van der Waals surface area contributed by atoms with E-state index in [4.69, 9.17) is 0 Å². The Hall–Kier alpha value is -1.56. The Labute approximate surface area is 136 Å². The first kappa shape index (κ1) is 16.8. The van der Waals surface area contributed by atoms with Gasteiger partial charge in [0.1, 0.15) is 0 Å². The zero-order valence-corrected chi connectivity index (χ0v) is 14.1. The lowest BCUT2D eigenvalue weighted by Crippen LogP contribution is -2.40. The third kappa shape index (κ3) is 4.73. The van der Waals surface area contributed by atoms with Gasteiger partial charge in [0.05, 0.1) is 11.4 Å². The number of amides is 2. The van der Waals surface area contributed by atoms with Gasteiger partial charge < -0.3 is 0 Å². The van der Waals surface area contributed by atoms with E-state index in [1.165, 1.54) is 37.6 Å². The first-order valence-electron chi connectivity index (χ1n) is 7.81. The van der Waals surface area contributed by atoms with Crippen LogP contribution in [0.15, 0.2) is 29.5 Å². The highest BCUT2D eigenvalue weighted by Crippen LogP contribution is 2.25. The van der Waals surface area contributed by atoms with Crippen LogP contribution in [0.3, 0.4) is 0 Å². The van der Waals surface area contributed by atoms with Gasteiger partial charge in [0.2, 0.25) is 0 Å². The van der Waals surface area contributed by atoms with Gasteiger partial charge in [-0.25, -0.2) is 10.2 Å². The smallest absolute Gasteiger partial charge is 0.264 e. The minimum atomic E-state index is -0.144. The topological polar surface area (TPSA) is 57.6 Å². The fraction of sp³-hybridized carbons (Fsp3) is 0.562. The SMILES string of the molecule is CSN(C(=O)N/N=C(\C)c1ccccn1)C1CCCCCC1. The second-order valence-corrected chi connectivity index (χ2v) is 6.24. The van der Waals surface area contributed by atoms with Crippen LogP contribution in [0.5, 0.6) is 0 Å². The van der Waals surface area contributed by atoms with E-state index in [1.807, 2.05) is 35.7 Å². The third-order valence-corrected chi connectivity index (χ3v) is 4.77. The molecule has 0 atom stereocenters. The van der Waals surface area contributed by atoms with E-state index in [-0.39, 0.29) is 6.03 Å². The summed E-state index contributed by atoms with van der Waals surface area (Å²) in [5.41, 5.74) is 4.14. The molecule has 1 N–H and O–H groups in total. The van der Waals surface area contributed by atoms with Crippen LogP contribution in [0.1, 0.15) is 51.1 Å². The Morgan fingerprint density at radius 3 is 2.64 bits per heavy atom. The van der Waals surface area contributed by atoms with Crippen LogP contribution < -0.4 is 5.43 Å². The minimum Gasteiger partial charge on any atom is -0.264 e. The number of aromatic nitrogens is 1. The Morgan fingerprint density at radius 1 is 1.32 bits per heavy atom. The quantitative estimate of drug-likeness (QED) is 0.397. The largest absolute Gasteiger partial charge is 0.348 e. The summed E-state index contributed by atoms with van der Waals surface area (Å²) in [5, 5.41) is 4.18. The first-order valence-corrected chi connectivity index (χ1v) is 8.99. The highest BCUT2D eigenvalue weighted by molar-refractivity contribution is 7.96. The van der Waals surface area contributed by atoms with E-state index in [9.17, 15) is 4.79 Å². The normalized spacial score (nSPS) is 16.9. The van der Waals surface area contributed by atoms with Crippen molar-refractivity contribution in [1.29, 1.82) is 0 Å². The molecule has 1 aliphatic rings. The van der Waals surface area contributed by atoms with Crippen molar-refractivity contribution in [3.05, 3.63) is 30.1 Å². The summed E-state index contributed by atoms with van der Waals surface area (Å²) in [6, 6.07) is 5.81. The van der Waals surface area contributed by atoms with E-state index >= 15 is 0 Å². The van der Waals surface area contributed by atoms with Crippen molar-refractivity contribution in [2.24, 2.45) is 5.10 Å². The van der Waals surface area contributed by atoms with Crippen LogP contribution in [0, 0.1) is 0 Å². The van der Waals surface area contributed by atoms with E-state index in [0.29, 0.717) is 11.8 Å². The van der Waals surface area contributed by atoms with Crippen molar-refractivity contribution >= 4 is 23.7 Å².